The predicted octanol–water partition coefficient (Wildman–Crippen LogP) is 2.21. The molecule has 10 heteroatoms. The van der Waals surface area contributed by atoms with Crippen molar-refractivity contribution in [3.8, 4) is 0 Å². The van der Waals surface area contributed by atoms with E-state index in [1.165, 1.54) is 41.8 Å². The molecule has 2 aliphatic heterocycles. The van der Waals surface area contributed by atoms with Crippen molar-refractivity contribution in [1.29, 1.82) is 0 Å². The highest BCUT2D eigenvalue weighted by Gasteiger charge is 2.29. The molecular weight excluding hydrogens is 406 g/mol. The summed E-state index contributed by atoms with van der Waals surface area (Å²) in [7, 11) is -1.79. The molecule has 1 atom stereocenters. The predicted molar refractivity (Wildman–Crippen MR) is 117 cm³/mol. The van der Waals surface area contributed by atoms with Crippen LogP contribution in [0.2, 0.25) is 0 Å². The number of benzene rings is 1. The summed E-state index contributed by atoms with van der Waals surface area (Å²) in [5.41, 5.74) is 0.167. The van der Waals surface area contributed by atoms with Gasteiger partial charge in [0.05, 0.1) is 9.82 Å². The summed E-state index contributed by atoms with van der Waals surface area (Å²) in [5.74, 6) is 0. The first-order valence-electron chi connectivity index (χ1n) is 10.7. The molecule has 0 bridgehead atoms. The number of hydrogen-bond acceptors (Lipinski definition) is 7. The van der Waals surface area contributed by atoms with Gasteiger partial charge in [-0.15, -0.1) is 0 Å². The fraction of sp³-hybridized carbons (Fsp3) is 0.700. The molecule has 3 rings (SSSR count). The van der Waals surface area contributed by atoms with Crippen molar-refractivity contribution in [3.63, 3.8) is 0 Å². The first-order valence-corrected chi connectivity index (χ1v) is 12.2. The van der Waals surface area contributed by atoms with Crippen LogP contribution in [0.1, 0.15) is 32.6 Å². The Hall–Kier alpha value is -1.75. The van der Waals surface area contributed by atoms with Crippen LogP contribution in [0.4, 0.5) is 11.4 Å². The quantitative estimate of drug-likeness (QED) is 0.377. The van der Waals surface area contributed by atoms with Crippen LogP contribution in [-0.4, -0.2) is 86.3 Å². The van der Waals surface area contributed by atoms with Crippen LogP contribution >= 0.6 is 0 Å². The van der Waals surface area contributed by atoms with E-state index in [4.69, 9.17) is 0 Å². The fourth-order valence-corrected chi connectivity index (χ4v) is 5.59. The van der Waals surface area contributed by atoms with Crippen LogP contribution in [0, 0.1) is 10.1 Å². The van der Waals surface area contributed by atoms with Gasteiger partial charge >= 0.3 is 0 Å². The zero-order chi connectivity index (χ0) is 21.7. The van der Waals surface area contributed by atoms with Gasteiger partial charge in [0, 0.05) is 51.4 Å². The van der Waals surface area contributed by atoms with Gasteiger partial charge in [-0.2, -0.15) is 4.31 Å². The van der Waals surface area contributed by atoms with Gasteiger partial charge < -0.3 is 15.1 Å². The highest BCUT2D eigenvalue weighted by molar-refractivity contribution is 7.89. The van der Waals surface area contributed by atoms with E-state index in [0.29, 0.717) is 44.5 Å². The summed E-state index contributed by atoms with van der Waals surface area (Å²) in [6.45, 7) is 7.00. The molecule has 0 saturated carbocycles. The molecule has 2 heterocycles. The normalized spacial score (nSPS) is 22.1. The van der Waals surface area contributed by atoms with Crippen molar-refractivity contribution in [2.45, 2.75) is 43.5 Å². The second-order valence-electron chi connectivity index (χ2n) is 8.30. The standard InChI is InChI=1S/C20H33N5O4S/c1-17-6-3-4-10-23(17)11-5-9-21-19-8-7-18(16-20(19)25(26)27)30(28,29)24-14-12-22(2)13-15-24/h7-8,16-17,21H,3-6,9-15H2,1-2H3. The maximum atomic E-state index is 12.9. The van der Waals surface area contributed by atoms with Crippen LogP contribution in [0.3, 0.4) is 0 Å². The summed E-state index contributed by atoms with van der Waals surface area (Å²) in [6.07, 6.45) is 4.61. The van der Waals surface area contributed by atoms with Gasteiger partial charge in [-0.25, -0.2) is 8.42 Å². The lowest BCUT2D eigenvalue weighted by molar-refractivity contribution is -0.384. The largest absolute Gasteiger partial charge is 0.379 e. The molecule has 0 amide bonds. The minimum atomic E-state index is -3.74. The maximum absolute atomic E-state index is 12.9. The molecule has 0 spiro atoms. The number of likely N-dealkylation sites (tertiary alicyclic amines) is 1. The molecule has 0 aromatic heterocycles. The zero-order valence-electron chi connectivity index (χ0n) is 17.9. The second kappa shape index (κ2) is 10.0. The van der Waals surface area contributed by atoms with Crippen LogP contribution in [0.15, 0.2) is 23.1 Å². The van der Waals surface area contributed by atoms with Crippen LogP contribution < -0.4 is 5.32 Å². The molecule has 2 aliphatic rings. The van der Waals surface area contributed by atoms with E-state index in [2.05, 4.69) is 22.0 Å². The minimum Gasteiger partial charge on any atom is -0.379 e. The van der Waals surface area contributed by atoms with Gasteiger partial charge in [0.2, 0.25) is 10.0 Å². The van der Waals surface area contributed by atoms with Crippen LogP contribution in [0.25, 0.3) is 0 Å². The Morgan fingerprint density at radius 1 is 1.17 bits per heavy atom. The van der Waals surface area contributed by atoms with Gasteiger partial charge in [0.15, 0.2) is 0 Å². The summed E-state index contributed by atoms with van der Waals surface area (Å²) in [5, 5.41) is 14.7. The van der Waals surface area contributed by atoms with Gasteiger partial charge in [0.1, 0.15) is 5.69 Å². The third-order valence-electron chi connectivity index (χ3n) is 6.14. The number of nitro groups is 1. The average molecular weight is 440 g/mol. The second-order valence-corrected chi connectivity index (χ2v) is 10.2. The summed E-state index contributed by atoms with van der Waals surface area (Å²) >= 11 is 0. The first-order chi connectivity index (χ1) is 14.3. The first kappa shape index (κ1) is 22.9. The van der Waals surface area contributed by atoms with E-state index in [1.54, 1.807) is 0 Å². The molecule has 2 saturated heterocycles. The number of nitrogens with zero attached hydrogens (tertiary/aromatic N) is 4. The smallest absolute Gasteiger partial charge is 0.293 e. The van der Waals surface area contributed by atoms with Crippen molar-refractivity contribution in [3.05, 3.63) is 28.3 Å². The third-order valence-corrected chi connectivity index (χ3v) is 8.04. The molecule has 1 N–H and O–H groups in total. The van der Waals surface area contributed by atoms with E-state index in [1.807, 2.05) is 7.05 Å². The molecule has 0 aliphatic carbocycles. The molecule has 2 fully saturated rings. The molecule has 30 heavy (non-hydrogen) atoms. The summed E-state index contributed by atoms with van der Waals surface area (Å²) in [6, 6.07) is 4.76. The van der Waals surface area contributed by atoms with E-state index >= 15 is 0 Å². The van der Waals surface area contributed by atoms with Gasteiger partial charge in [-0.1, -0.05) is 6.42 Å². The van der Waals surface area contributed by atoms with Crippen molar-refractivity contribution < 1.29 is 13.3 Å². The van der Waals surface area contributed by atoms with Crippen LogP contribution in [-0.2, 0) is 10.0 Å². The molecule has 168 valence electrons. The monoisotopic (exact) mass is 439 g/mol. The number of nitrogens with one attached hydrogen (secondary N) is 1. The van der Waals surface area contributed by atoms with E-state index < -0.39 is 14.9 Å². The number of piperazine rings is 1. The highest BCUT2D eigenvalue weighted by Crippen LogP contribution is 2.29. The van der Waals surface area contributed by atoms with Gasteiger partial charge in [-0.3, -0.25) is 10.1 Å². The van der Waals surface area contributed by atoms with Gasteiger partial charge in [-0.05, 0) is 51.9 Å². The zero-order valence-corrected chi connectivity index (χ0v) is 18.7. The Kier molecular flexibility index (Phi) is 7.67. The molecular formula is C20H33N5O4S. The Bertz CT molecular complexity index is 840. The SMILES string of the molecule is CC1CCCCN1CCCNc1ccc(S(=O)(=O)N2CCN(C)CC2)cc1[N+](=O)[O-]. The summed E-state index contributed by atoms with van der Waals surface area (Å²) < 4.78 is 27.2. The number of rotatable bonds is 8. The van der Waals surface area contributed by atoms with E-state index in [9.17, 15) is 18.5 Å². The lowest BCUT2D eigenvalue weighted by Gasteiger charge is -2.33. The number of likely N-dealkylation sites (N-methyl/N-ethyl adjacent to an activating group) is 1. The number of hydrogen-bond donors (Lipinski definition) is 1. The molecule has 1 aromatic carbocycles. The maximum Gasteiger partial charge on any atom is 0.293 e. The summed E-state index contributed by atoms with van der Waals surface area (Å²) in [4.78, 5) is 15.6. The number of piperidine rings is 1. The molecule has 9 nitrogen and oxygen atoms in total. The van der Waals surface area contributed by atoms with Crippen molar-refractivity contribution >= 4 is 21.4 Å². The molecule has 1 unspecified atom stereocenters. The van der Waals surface area contributed by atoms with Crippen molar-refractivity contribution in [2.24, 2.45) is 0 Å². The minimum absolute atomic E-state index is 0.0218. The van der Waals surface area contributed by atoms with Crippen molar-refractivity contribution in [2.75, 3.05) is 58.2 Å². The topological polar surface area (TPSA) is 99.0 Å². The highest BCUT2D eigenvalue weighted by atomic mass is 32.2. The number of nitro benzene ring substituents is 1. The van der Waals surface area contributed by atoms with Crippen LogP contribution in [0.5, 0.6) is 0 Å². The Labute approximate surface area is 179 Å². The average Bonchev–Trinajstić information content (AvgIpc) is 2.72. The Balaban J connectivity index is 1.64. The third kappa shape index (κ3) is 5.48. The number of anilines is 1. The Morgan fingerprint density at radius 3 is 2.57 bits per heavy atom. The lowest BCUT2D eigenvalue weighted by Crippen LogP contribution is -2.47. The fourth-order valence-electron chi connectivity index (χ4n) is 4.14. The Morgan fingerprint density at radius 2 is 1.90 bits per heavy atom. The molecule has 1 aromatic rings. The lowest BCUT2D eigenvalue weighted by atomic mass is 10.0. The number of sulfonamides is 1. The molecule has 0 radical (unpaired) electrons. The van der Waals surface area contributed by atoms with Crippen molar-refractivity contribution in [1.82, 2.24) is 14.1 Å². The van der Waals surface area contributed by atoms with E-state index in [0.717, 1.165) is 19.5 Å². The van der Waals surface area contributed by atoms with Gasteiger partial charge in [0.25, 0.3) is 5.69 Å². The van der Waals surface area contributed by atoms with E-state index in [-0.39, 0.29) is 10.6 Å².